The molecule has 0 heterocycles. The van der Waals surface area contributed by atoms with Crippen molar-refractivity contribution in [2.24, 2.45) is 0 Å². The molecule has 0 aliphatic heterocycles. The first kappa shape index (κ1) is 21.5. The third-order valence-corrected chi connectivity index (χ3v) is 4.54. The summed E-state index contributed by atoms with van der Waals surface area (Å²) in [4.78, 5) is 12.9. The van der Waals surface area contributed by atoms with Gasteiger partial charge in [0, 0.05) is 18.9 Å². The van der Waals surface area contributed by atoms with Crippen LogP contribution in [0, 0.1) is 5.82 Å². The van der Waals surface area contributed by atoms with Crippen molar-refractivity contribution in [1.29, 1.82) is 0 Å². The van der Waals surface area contributed by atoms with Crippen molar-refractivity contribution < 1.29 is 28.9 Å². The molecule has 0 radical (unpaired) electrons. The molecular formula is C20H28FNO5. The van der Waals surface area contributed by atoms with Gasteiger partial charge in [-0.2, -0.15) is 0 Å². The van der Waals surface area contributed by atoms with Crippen molar-refractivity contribution in [2.45, 2.75) is 63.3 Å². The molecule has 1 aliphatic rings. The van der Waals surface area contributed by atoms with E-state index in [-0.39, 0.29) is 43.8 Å². The van der Waals surface area contributed by atoms with Crippen LogP contribution < -0.4 is 5.32 Å². The maximum absolute atomic E-state index is 13.1. The molecule has 1 fully saturated rings. The van der Waals surface area contributed by atoms with E-state index in [4.69, 9.17) is 9.47 Å². The number of nitrogens with one attached hydrogen (secondary N) is 1. The molecule has 4 atom stereocenters. The number of hydrogen-bond acceptors (Lipinski definition) is 5. The van der Waals surface area contributed by atoms with Gasteiger partial charge in [-0.25, -0.2) is 4.39 Å². The van der Waals surface area contributed by atoms with Crippen molar-refractivity contribution >= 4 is 5.91 Å². The summed E-state index contributed by atoms with van der Waals surface area (Å²) in [6.07, 6.45) is -1.54. The van der Waals surface area contributed by atoms with Crippen LogP contribution in [-0.4, -0.2) is 52.7 Å². The summed E-state index contributed by atoms with van der Waals surface area (Å²) in [6, 6.07) is 5.65. The zero-order chi connectivity index (χ0) is 20.0. The topological polar surface area (TPSA) is 88.0 Å². The maximum atomic E-state index is 13.1. The van der Waals surface area contributed by atoms with Crippen LogP contribution in [0.25, 0.3) is 0 Å². The summed E-state index contributed by atoms with van der Waals surface area (Å²) in [5, 5.41) is 23.4. The first-order valence-electron chi connectivity index (χ1n) is 9.05. The molecule has 1 aliphatic carbocycles. The average molecular weight is 381 g/mol. The summed E-state index contributed by atoms with van der Waals surface area (Å²) in [5.41, 5.74) is -0.680. The molecule has 3 N–H and O–H groups in total. The molecule has 0 spiro atoms. The van der Waals surface area contributed by atoms with Crippen LogP contribution >= 0.6 is 0 Å². The van der Waals surface area contributed by atoms with Crippen LogP contribution in [0.4, 0.5) is 4.39 Å². The SMILES string of the molecule is C=CCO[C@H]1C[C@](OCc2ccc(F)cc2)(C(=O)NC(C)C)C[C@@H](O)[C@H]1O. The number of amides is 1. The molecule has 0 saturated heterocycles. The molecule has 0 bridgehead atoms. The lowest BCUT2D eigenvalue weighted by Gasteiger charge is -2.44. The average Bonchev–Trinajstić information content (AvgIpc) is 2.62. The predicted molar refractivity (Wildman–Crippen MR) is 98.4 cm³/mol. The lowest BCUT2D eigenvalue weighted by molar-refractivity contribution is -0.196. The summed E-state index contributed by atoms with van der Waals surface area (Å²) >= 11 is 0. The third-order valence-electron chi connectivity index (χ3n) is 4.54. The summed E-state index contributed by atoms with van der Waals surface area (Å²) < 4.78 is 24.6. The Kier molecular flexibility index (Phi) is 7.49. The first-order valence-corrected chi connectivity index (χ1v) is 9.05. The van der Waals surface area contributed by atoms with Crippen LogP contribution in [0.3, 0.4) is 0 Å². The number of benzene rings is 1. The van der Waals surface area contributed by atoms with Crippen molar-refractivity contribution in [2.75, 3.05) is 6.61 Å². The fraction of sp³-hybridized carbons (Fsp3) is 0.550. The van der Waals surface area contributed by atoms with Crippen molar-refractivity contribution in [3.8, 4) is 0 Å². The Morgan fingerprint density at radius 1 is 1.37 bits per heavy atom. The number of aliphatic hydroxyl groups excluding tert-OH is 2. The van der Waals surface area contributed by atoms with Gasteiger partial charge in [-0.3, -0.25) is 4.79 Å². The Hall–Kier alpha value is -1.80. The van der Waals surface area contributed by atoms with E-state index in [1.54, 1.807) is 12.1 Å². The van der Waals surface area contributed by atoms with Crippen molar-refractivity contribution in [1.82, 2.24) is 5.32 Å². The molecule has 1 saturated carbocycles. The number of carbonyl (C=O) groups excluding carboxylic acids is 1. The van der Waals surface area contributed by atoms with Crippen LogP contribution in [0.1, 0.15) is 32.3 Å². The van der Waals surface area contributed by atoms with Crippen LogP contribution in [0.15, 0.2) is 36.9 Å². The fourth-order valence-electron chi connectivity index (χ4n) is 3.15. The van der Waals surface area contributed by atoms with Gasteiger partial charge in [0.15, 0.2) is 5.60 Å². The molecule has 7 heteroatoms. The van der Waals surface area contributed by atoms with Crippen molar-refractivity contribution in [3.63, 3.8) is 0 Å². The fourth-order valence-corrected chi connectivity index (χ4v) is 3.15. The van der Waals surface area contributed by atoms with E-state index in [0.29, 0.717) is 5.56 Å². The number of hydrogen-bond donors (Lipinski definition) is 3. The van der Waals surface area contributed by atoms with Crippen molar-refractivity contribution in [3.05, 3.63) is 48.3 Å². The van der Waals surface area contributed by atoms with Gasteiger partial charge < -0.3 is 25.0 Å². The summed E-state index contributed by atoms with van der Waals surface area (Å²) in [7, 11) is 0. The largest absolute Gasteiger partial charge is 0.390 e. The summed E-state index contributed by atoms with van der Waals surface area (Å²) in [5.74, 6) is -0.738. The van der Waals surface area contributed by atoms with E-state index < -0.39 is 23.9 Å². The second-order valence-electron chi connectivity index (χ2n) is 7.16. The van der Waals surface area contributed by atoms with Gasteiger partial charge in [-0.1, -0.05) is 18.2 Å². The molecule has 1 aromatic carbocycles. The highest BCUT2D eigenvalue weighted by Crippen LogP contribution is 2.35. The maximum Gasteiger partial charge on any atom is 0.252 e. The minimum atomic E-state index is -1.37. The number of carbonyl (C=O) groups is 1. The molecule has 6 nitrogen and oxygen atoms in total. The smallest absolute Gasteiger partial charge is 0.252 e. The van der Waals surface area contributed by atoms with Gasteiger partial charge in [-0.15, -0.1) is 6.58 Å². The van der Waals surface area contributed by atoms with Gasteiger partial charge in [0.25, 0.3) is 5.91 Å². The molecule has 150 valence electrons. The lowest BCUT2D eigenvalue weighted by Crippen LogP contribution is -2.61. The van der Waals surface area contributed by atoms with Gasteiger partial charge in [0.2, 0.25) is 0 Å². The number of aliphatic hydroxyl groups is 2. The monoisotopic (exact) mass is 381 g/mol. The van der Waals surface area contributed by atoms with E-state index >= 15 is 0 Å². The zero-order valence-electron chi connectivity index (χ0n) is 15.7. The highest BCUT2D eigenvalue weighted by atomic mass is 19.1. The number of rotatable bonds is 8. The van der Waals surface area contributed by atoms with E-state index in [2.05, 4.69) is 11.9 Å². The Morgan fingerprint density at radius 3 is 2.63 bits per heavy atom. The molecule has 0 unspecified atom stereocenters. The molecule has 0 aromatic heterocycles. The Labute approximate surface area is 159 Å². The minimum absolute atomic E-state index is 0.0583. The van der Waals surface area contributed by atoms with E-state index in [0.717, 1.165) is 0 Å². The molecular weight excluding hydrogens is 353 g/mol. The van der Waals surface area contributed by atoms with Gasteiger partial charge in [0.1, 0.15) is 11.9 Å². The Morgan fingerprint density at radius 2 is 2.04 bits per heavy atom. The second-order valence-corrected chi connectivity index (χ2v) is 7.16. The molecule has 2 rings (SSSR count). The van der Waals surface area contributed by atoms with E-state index in [1.165, 1.54) is 18.2 Å². The van der Waals surface area contributed by atoms with Gasteiger partial charge >= 0.3 is 0 Å². The molecule has 1 amide bonds. The molecule has 1 aromatic rings. The van der Waals surface area contributed by atoms with E-state index in [1.807, 2.05) is 13.8 Å². The minimum Gasteiger partial charge on any atom is -0.390 e. The standard InChI is InChI=1S/C20H28FNO5/c1-4-9-26-17-11-20(10-16(23)18(17)24,19(25)22-13(2)3)27-12-14-5-7-15(21)8-6-14/h4-8,13,16-18,23-24H,1,9-12H2,2-3H3,(H,22,25)/t16-,17+,18-,20+/m1/s1. The van der Waals surface area contributed by atoms with E-state index in [9.17, 15) is 19.4 Å². The Bertz CT molecular complexity index is 636. The predicted octanol–water partition coefficient (Wildman–Crippen LogP) is 1.69. The van der Waals surface area contributed by atoms with Crippen LogP contribution in [0.2, 0.25) is 0 Å². The number of halogens is 1. The Balaban J connectivity index is 2.23. The van der Waals surface area contributed by atoms with Crippen LogP contribution in [0.5, 0.6) is 0 Å². The highest BCUT2D eigenvalue weighted by molar-refractivity contribution is 5.85. The number of ether oxygens (including phenoxy) is 2. The quantitative estimate of drug-likeness (QED) is 0.597. The molecule has 27 heavy (non-hydrogen) atoms. The van der Waals surface area contributed by atoms with Crippen LogP contribution in [-0.2, 0) is 20.9 Å². The second kappa shape index (κ2) is 9.41. The van der Waals surface area contributed by atoms with Gasteiger partial charge in [0.05, 0.1) is 25.4 Å². The highest BCUT2D eigenvalue weighted by Gasteiger charge is 2.51. The summed E-state index contributed by atoms with van der Waals surface area (Å²) in [6.45, 7) is 7.46. The van der Waals surface area contributed by atoms with Gasteiger partial charge in [-0.05, 0) is 31.5 Å². The first-order chi connectivity index (χ1) is 12.8. The lowest BCUT2D eigenvalue weighted by atomic mass is 9.78. The zero-order valence-corrected chi connectivity index (χ0v) is 15.7. The third kappa shape index (κ3) is 5.59. The normalized spacial score (nSPS) is 28.1.